The van der Waals surface area contributed by atoms with Crippen LogP contribution >= 0.6 is 11.6 Å². The van der Waals surface area contributed by atoms with Gasteiger partial charge >= 0.3 is 0 Å². The summed E-state index contributed by atoms with van der Waals surface area (Å²) in [5.41, 5.74) is -0.000360. The summed E-state index contributed by atoms with van der Waals surface area (Å²) in [6.07, 6.45) is 2.58. The van der Waals surface area contributed by atoms with Gasteiger partial charge in [-0.3, -0.25) is 0 Å². The Bertz CT molecular complexity index is 1080. The fourth-order valence-corrected chi connectivity index (χ4v) is 5.80. The summed E-state index contributed by atoms with van der Waals surface area (Å²) in [6.45, 7) is 6.37. The number of hydrogen-bond acceptors (Lipinski definition) is 4. The fourth-order valence-electron chi connectivity index (χ4n) is 4.57. The topological polar surface area (TPSA) is 64.6 Å². The van der Waals surface area contributed by atoms with Gasteiger partial charge in [-0.05, 0) is 62.1 Å². The van der Waals surface area contributed by atoms with Crippen LogP contribution in [0, 0.1) is 11.7 Å². The second-order valence-corrected chi connectivity index (χ2v) is 11.1. The minimum absolute atomic E-state index is 0.0173. The Morgan fingerprint density at radius 1 is 1.23 bits per heavy atom. The third kappa shape index (κ3) is 4.21. The normalized spacial score (nSPS) is 27.7. The predicted octanol–water partition coefficient (Wildman–Crippen LogP) is 5.07. The Morgan fingerprint density at radius 2 is 1.94 bits per heavy atom. The van der Waals surface area contributed by atoms with Crippen molar-refractivity contribution in [2.24, 2.45) is 5.92 Å². The first-order valence-electron chi connectivity index (χ1n) is 10.4. The van der Waals surface area contributed by atoms with E-state index in [9.17, 15) is 12.8 Å². The highest BCUT2D eigenvalue weighted by atomic mass is 35.5. The first-order valence-corrected chi connectivity index (χ1v) is 12.3. The monoisotopic (exact) mass is 467 g/mol. The van der Waals surface area contributed by atoms with Crippen molar-refractivity contribution in [1.82, 2.24) is 4.72 Å². The van der Waals surface area contributed by atoms with Gasteiger partial charge < -0.3 is 9.47 Å². The summed E-state index contributed by atoms with van der Waals surface area (Å²) in [5, 5.41) is 0.409. The highest BCUT2D eigenvalue weighted by molar-refractivity contribution is 7.89. The van der Waals surface area contributed by atoms with Crippen molar-refractivity contribution in [1.29, 1.82) is 0 Å². The number of halogens is 2. The molecule has 2 saturated heterocycles. The van der Waals surface area contributed by atoms with Gasteiger partial charge in [0.15, 0.2) is 0 Å². The molecule has 2 aliphatic heterocycles. The van der Waals surface area contributed by atoms with Crippen LogP contribution in [0.3, 0.4) is 0 Å². The summed E-state index contributed by atoms with van der Waals surface area (Å²) >= 11 is 6.41. The van der Waals surface area contributed by atoms with Crippen LogP contribution in [0.15, 0.2) is 47.4 Å². The van der Waals surface area contributed by atoms with E-state index < -0.39 is 15.8 Å². The fraction of sp³-hybridized carbons (Fsp3) is 0.478. The Kier molecular flexibility index (Phi) is 5.83. The maximum atomic E-state index is 13.1. The third-order valence-electron chi connectivity index (χ3n) is 6.65. The number of fused-ring (bicyclic) bond motifs is 2. The quantitative estimate of drug-likeness (QED) is 0.617. The van der Waals surface area contributed by atoms with E-state index in [0.717, 1.165) is 31.4 Å². The molecular formula is C23H27ClFNO4S. The Balaban J connectivity index is 1.54. The standard InChI is InChI=1S/C23H27ClFNO4S/c1-15(2)23-12-11-22(3,30-23)21(13-23)29-20-6-4-5-19(24)18(20)14-26-31(27,28)17-9-7-16(25)8-10-17/h4-10,15,21,26H,11-14H2,1-3H3/t21-,22-,23+/m1/s1. The molecular weight excluding hydrogens is 441 g/mol. The van der Waals surface area contributed by atoms with Gasteiger partial charge in [0.1, 0.15) is 23.3 Å². The van der Waals surface area contributed by atoms with Gasteiger partial charge in [0.2, 0.25) is 10.0 Å². The van der Waals surface area contributed by atoms with Crippen LogP contribution in [-0.4, -0.2) is 25.7 Å². The molecule has 2 bridgehead atoms. The Labute approximate surface area is 187 Å². The van der Waals surface area contributed by atoms with E-state index in [0.29, 0.717) is 22.3 Å². The Hall–Kier alpha value is -1.67. The molecule has 0 saturated carbocycles. The smallest absolute Gasteiger partial charge is 0.240 e. The molecule has 0 aromatic heterocycles. The molecule has 3 atom stereocenters. The number of ether oxygens (including phenoxy) is 2. The van der Waals surface area contributed by atoms with Crippen molar-refractivity contribution in [3.63, 3.8) is 0 Å². The zero-order valence-corrected chi connectivity index (χ0v) is 19.4. The van der Waals surface area contributed by atoms with E-state index in [-0.39, 0.29) is 28.7 Å². The van der Waals surface area contributed by atoms with Gasteiger partial charge in [0.25, 0.3) is 0 Å². The highest BCUT2D eigenvalue weighted by Crippen LogP contribution is 2.55. The summed E-state index contributed by atoms with van der Waals surface area (Å²) in [7, 11) is -3.83. The second-order valence-electron chi connectivity index (χ2n) is 8.94. The minimum atomic E-state index is -3.83. The van der Waals surface area contributed by atoms with Crippen molar-refractivity contribution in [2.45, 2.75) is 68.8 Å². The van der Waals surface area contributed by atoms with Gasteiger partial charge in [-0.25, -0.2) is 17.5 Å². The Morgan fingerprint density at radius 3 is 2.58 bits per heavy atom. The van der Waals surface area contributed by atoms with Crippen molar-refractivity contribution in [3.8, 4) is 5.75 Å². The minimum Gasteiger partial charge on any atom is -0.487 e. The number of nitrogens with one attached hydrogen (secondary N) is 1. The molecule has 2 heterocycles. The predicted molar refractivity (Wildman–Crippen MR) is 117 cm³/mol. The zero-order chi connectivity index (χ0) is 22.4. The molecule has 2 aliphatic rings. The molecule has 168 valence electrons. The number of rotatable bonds is 7. The van der Waals surface area contributed by atoms with Crippen LogP contribution in [0.1, 0.15) is 45.6 Å². The van der Waals surface area contributed by atoms with E-state index in [4.69, 9.17) is 21.1 Å². The van der Waals surface area contributed by atoms with Crippen LogP contribution in [0.25, 0.3) is 0 Å². The molecule has 0 radical (unpaired) electrons. The maximum Gasteiger partial charge on any atom is 0.240 e. The summed E-state index contributed by atoms with van der Waals surface area (Å²) < 4.78 is 53.8. The summed E-state index contributed by atoms with van der Waals surface area (Å²) in [6, 6.07) is 9.94. The van der Waals surface area contributed by atoms with Gasteiger partial charge in [0.05, 0.1) is 10.5 Å². The van der Waals surface area contributed by atoms with Crippen LogP contribution in [0.5, 0.6) is 5.75 Å². The highest BCUT2D eigenvalue weighted by Gasteiger charge is 2.61. The maximum absolute atomic E-state index is 13.1. The molecule has 0 amide bonds. The van der Waals surface area contributed by atoms with E-state index in [1.54, 1.807) is 18.2 Å². The van der Waals surface area contributed by atoms with Crippen molar-refractivity contribution in [3.05, 3.63) is 58.9 Å². The molecule has 0 unspecified atom stereocenters. The first kappa shape index (κ1) is 22.5. The summed E-state index contributed by atoms with van der Waals surface area (Å²) in [5.74, 6) is 0.418. The van der Waals surface area contributed by atoms with E-state index in [1.807, 2.05) is 0 Å². The van der Waals surface area contributed by atoms with Crippen molar-refractivity contribution >= 4 is 21.6 Å². The van der Waals surface area contributed by atoms with Crippen molar-refractivity contribution < 1.29 is 22.3 Å². The van der Waals surface area contributed by atoms with Crippen molar-refractivity contribution in [2.75, 3.05) is 0 Å². The molecule has 0 aliphatic carbocycles. The largest absolute Gasteiger partial charge is 0.487 e. The van der Waals surface area contributed by atoms with Gasteiger partial charge in [0, 0.05) is 23.6 Å². The second kappa shape index (κ2) is 8.03. The van der Waals surface area contributed by atoms with Crippen LogP contribution in [0.2, 0.25) is 5.02 Å². The molecule has 2 aromatic carbocycles. The van der Waals surface area contributed by atoms with Crippen LogP contribution in [-0.2, 0) is 21.3 Å². The van der Waals surface area contributed by atoms with E-state index in [2.05, 4.69) is 25.5 Å². The third-order valence-corrected chi connectivity index (χ3v) is 8.42. The number of hydrogen-bond donors (Lipinski definition) is 1. The molecule has 1 N–H and O–H groups in total. The lowest BCUT2D eigenvalue weighted by Gasteiger charge is -2.32. The number of benzene rings is 2. The molecule has 4 rings (SSSR count). The van der Waals surface area contributed by atoms with E-state index in [1.165, 1.54) is 12.1 Å². The van der Waals surface area contributed by atoms with Gasteiger partial charge in [-0.15, -0.1) is 0 Å². The molecule has 2 aromatic rings. The molecule has 5 nitrogen and oxygen atoms in total. The lowest BCUT2D eigenvalue weighted by Crippen LogP contribution is -2.40. The lowest BCUT2D eigenvalue weighted by molar-refractivity contribution is -0.0770. The lowest BCUT2D eigenvalue weighted by atomic mass is 9.75. The van der Waals surface area contributed by atoms with Crippen LogP contribution in [0.4, 0.5) is 4.39 Å². The molecule has 8 heteroatoms. The number of sulfonamides is 1. The van der Waals surface area contributed by atoms with E-state index >= 15 is 0 Å². The molecule has 0 spiro atoms. The average Bonchev–Trinajstić information content (AvgIpc) is 3.20. The van der Waals surface area contributed by atoms with Gasteiger partial charge in [-0.1, -0.05) is 31.5 Å². The zero-order valence-electron chi connectivity index (χ0n) is 17.8. The summed E-state index contributed by atoms with van der Waals surface area (Å²) in [4.78, 5) is -0.0173. The molecule has 31 heavy (non-hydrogen) atoms. The average molecular weight is 468 g/mol. The van der Waals surface area contributed by atoms with Gasteiger partial charge in [-0.2, -0.15) is 0 Å². The van der Waals surface area contributed by atoms with Crippen LogP contribution < -0.4 is 9.46 Å². The molecule has 2 fully saturated rings. The SMILES string of the molecule is CC(C)[C@@]12CC[C@@](C)(O1)[C@H](Oc1cccc(Cl)c1CNS(=O)(=O)c1ccc(F)cc1)C2. The first-order chi connectivity index (χ1) is 14.5.